The Hall–Kier alpha value is -3.42. The molecular formula is C22H23FN4O3. The summed E-state index contributed by atoms with van der Waals surface area (Å²) in [7, 11) is 0. The van der Waals surface area contributed by atoms with Crippen LogP contribution in [0.4, 0.5) is 10.2 Å². The molecule has 1 aromatic carbocycles. The lowest BCUT2D eigenvalue weighted by Crippen LogP contribution is -2.35. The zero-order chi connectivity index (χ0) is 21.1. The van der Waals surface area contributed by atoms with E-state index < -0.39 is 0 Å². The van der Waals surface area contributed by atoms with E-state index in [9.17, 15) is 14.0 Å². The van der Waals surface area contributed by atoms with Crippen LogP contribution in [-0.4, -0.2) is 59.5 Å². The molecule has 1 aliphatic heterocycles. The van der Waals surface area contributed by atoms with Crippen LogP contribution in [0.3, 0.4) is 0 Å². The predicted octanol–water partition coefficient (Wildman–Crippen LogP) is 3.23. The number of pyridine rings is 1. The summed E-state index contributed by atoms with van der Waals surface area (Å²) in [6.07, 6.45) is 2.31. The van der Waals surface area contributed by atoms with Crippen molar-refractivity contribution in [2.24, 2.45) is 0 Å². The highest BCUT2D eigenvalue weighted by Crippen LogP contribution is 2.20. The van der Waals surface area contributed by atoms with Gasteiger partial charge in [0.25, 0.3) is 5.91 Å². The molecule has 1 N–H and O–H groups in total. The normalized spacial score (nSPS) is 14.6. The molecule has 3 aromatic rings. The highest BCUT2D eigenvalue weighted by molar-refractivity contribution is 5.98. The summed E-state index contributed by atoms with van der Waals surface area (Å²) in [5, 5.41) is 0.681. The first-order valence-electron chi connectivity index (χ1n) is 10.0. The molecule has 2 aromatic heterocycles. The van der Waals surface area contributed by atoms with Crippen LogP contribution in [0, 0.1) is 5.82 Å². The molecule has 3 heterocycles. The maximum absolute atomic E-state index is 13.4. The second-order valence-corrected chi connectivity index (χ2v) is 7.17. The number of carbonyl (C=O) groups is 2. The Kier molecular flexibility index (Phi) is 5.65. The van der Waals surface area contributed by atoms with Crippen LogP contribution in [-0.2, 0) is 4.74 Å². The number of nitrogens with zero attached hydrogens (tertiary/aromatic N) is 3. The first-order chi connectivity index (χ1) is 14.5. The van der Waals surface area contributed by atoms with E-state index in [1.54, 1.807) is 36.1 Å². The van der Waals surface area contributed by atoms with Gasteiger partial charge in [-0.2, -0.15) is 0 Å². The molecule has 0 aliphatic carbocycles. The largest absolute Gasteiger partial charge is 0.462 e. The molecule has 30 heavy (non-hydrogen) atoms. The van der Waals surface area contributed by atoms with Crippen molar-refractivity contribution in [1.29, 1.82) is 0 Å². The summed E-state index contributed by atoms with van der Waals surface area (Å²) in [6.45, 7) is 4.64. The number of halogens is 1. The topological polar surface area (TPSA) is 78.5 Å². The third-order valence-corrected chi connectivity index (χ3v) is 5.18. The molecule has 0 unspecified atom stereocenters. The summed E-state index contributed by atoms with van der Waals surface area (Å²) in [5.74, 6) is -0.0488. The number of hydrogen-bond donors (Lipinski definition) is 1. The van der Waals surface area contributed by atoms with Crippen molar-refractivity contribution in [3.63, 3.8) is 0 Å². The first kappa shape index (κ1) is 19.9. The highest BCUT2D eigenvalue weighted by Gasteiger charge is 2.22. The number of anilines is 1. The van der Waals surface area contributed by atoms with Gasteiger partial charge >= 0.3 is 5.97 Å². The van der Waals surface area contributed by atoms with Gasteiger partial charge < -0.3 is 19.5 Å². The molecular weight excluding hydrogens is 387 g/mol. The summed E-state index contributed by atoms with van der Waals surface area (Å²) in [5.41, 5.74) is 1.62. The molecule has 156 valence electrons. The molecule has 0 atom stereocenters. The Labute approximate surface area is 173 Å². The van der Waals surface area contributed by atoms with E-state index >= 15 is 0 Å². The molecule has 1 saturated heterocycles. The van der Waals surface area contributed by atoms with Crippen molar-refractivity contribution in [2.45, 2.75) is 13.3 Å². The van der Waals surface area contributed by atoms with Crippen LogP contribution in [0.15, 0.2) is 42.6 Å². The number of ether oxygens (including phenoxy) is 1. The Bertz CT molecular complexity index is 1060. The van der Waals surface area contributed by atoms with Crippen LogP contribution in [0.1, 0.15) is 34.2 Å². The number of fused-ring (bicyclic) bond motifs is 1. The minimum Gasteiger partial charge on any atom is -0.462 e. The van der Waals surface area contributed by atoms with E-state index in [4.69, 9.17) is 4.74 Å². The van der Waals surface area contributed by atoms with Gasteiger partial charge in [0, 0.05) is 43.3 Å². The third-order valence-electron chi connectivity index (χ3n) is 5.18. The molecule has 7 nitrogen and oxygen atoms in total. The fourth-order valence-corrected chi connectivity index (χ4v) is 3.65. The van der Waals surface area contributed by atoms with Crippen LogP contribution in [0.2, 0.25) is 0 Å². The smallest absolute Gasteiger partial charge is 0.339 e. The van der Waals surface area contributed by atoms with Gasteiger partial charge in [-0.3, -0.25) is 4.79 Å². The monoisotopic (exact) mass is 410 g/mol. The molecule has 0 spiro atoms. The van der Waals surface area contributed by atoms with Gasteiger partial charge in [-0.1, -0.05) is 0 Å². The van der Waals surface area contributed by atoms with Gasteiger partial charge in [0.2, 0.25) is 0 Å². The third kappa shape index (κ3) is 4.12. The molecule has 0 bridgehead atoms. The standard InChI is InChI=1S/C22H23FN4O3/c1-2-30-22(29)15-4-7-20(24-14-15)26-8-3-9-27(11-10-26)21(28)19-13-16-12-17(23)5-6-18(16)25-19/h4-7,12-14,25H,2-3,8-11H2,1H3. The van der Waals surface area contributed by atoms with Crippen LogP contribution >= 0.6 is 0 Å². The fourth-order valence-electron chi connectivity index (χ4n) is 3.65. The van der Waals surface area contributed by atoms with E-state index in [0.29, 0.717) is 42.9 Å². The Balaban J connectivity index is 1.43. The number of rotatable bonds is 4. The quantitative estimate of drug-likeness (QED) is 0.668. The first-order valence-corrected chi connectivity index (χ1v) is 10.0. The minimum absolute atomic E-state index is 0.0981. The van der Waals surface area contributed by atoms with Crippen molar-refractivity contribution in [2.75, 3.05) is 37.7 Å². The van der Waals surface area contributed by atoms with Crippen molar-refractivity contribution in [3.8, 4) is 0 Å². The molecule has 8 heteroatoms. The van der Waals surface area contributed by atoms with E-state index in [-0.39, 0.29) is 17.7 Å². The van der Waals surface area contributed by atoms with Crippen molar-refractivity contribution in [3.05, 3.63) is 59.7 Å². The average molecular weight is 410 g/mol. The van der Waals surface area contributed by atoms with Gasteiger partial charge in [-0.05, 0) is 49.7 Å². The molecule has 1 aliphatic rings. The van der Waals surface area contributed by atoms with Gasteiger partial charge in [0.05, 0.1) is 12.2 Å². The zero-order valence-electron chi connectivity index (χ0n) is 16.7. The van der Waals surface area contributed by atoms with Crippen LogP contribution < -0.4 is 4.90 Å². The highest BCUT2D eigenvalue weighted by atomic mass is 19.1. The lowest BCUT2D eigenvalue weighted by molar-refractivity contribution is 0.0525. The van der Waals surface area contributed by atoms with Gasteiger partial charge in [-0.15, -0.1) is 0 Å². The van der Waals surface area contributed by atoms with Crippen molar-refractivity contribution >= 4 is 28.6 Å². The van der Waals surface area contributed by atoms with Crippen molar-refractivity contribution < 1.29 is 18.7 Å². The van der Waals surface area contributed by atoms with Crippen LogP contribution in [0.5, 0.6) is 0 Å². The maximum Gasteiger partial charge on any atom is 0.339 e. The number of H-pyrrole nitrogens is 1. The van der Waals surface area contributed by atoms with E-state index in [0.717, 1.165) is 24.3 Å². The number of benzene rings is 1. The Morgan fingerprint density at radius 3 is 2.77 bits per heavy atom. The lowest BCUT2D eigenvalue weighted by Gasteiger charge is -2.22. The number of aromatic amines is 1. The lowest BCUT2D eigenvalue weighted by atomic mass is 10.2. The summed E-state index contributed by atoms with van der Waals surface area (Å²) in [6, 6.07) is 9.62. The molecule has 1 fully saturated rings. The van der Waals surface area contributed by atoms with E-state index in [2.05, 4.69) is 14.9 Å². The molecule has 0 saturated carbocycles. The number of nitrogens with one attached hydrogen (secondary N) is 1. The van der Waals surface area contributed by atoms with Gasteiger partial charge in [0.15, 0.2) is 0 Å². The minimum atomic E-state index is -0.387. The SMILES string of the molecule is CCOC(=O)c1ccc(N2CCCN(C(=O)c3cc4cc(F)ccc4[nH]3)CC2)nc1. The number of esters is 1. The second kappa shape index (κ2) is 8.52. The molecule has 1 amide bonds. The predicted molar refractivity (Wildman–Crippen MR) is 111 cm³/mol. The zero-order valence-corrected chi connectivity index (χ0v) is 16.7. The summed E-state index contributed by atoms with van der Waals surface area (Å²) < 4.78 is 18.4. The Morgan fingerprint density at radius 2 is 2.00 bits per heavy atom. The summed E-state index contributed by atoms with van der Waals surface area (Å²) >= 11 is 0. The van der Waals surface area contributed by atoms with Crippen molar-refractivity contribution in [1.82, 2.24) is 14.9 Å². The Morgan fingerprint density at radius 1 is 1.13 bits per heavy atom. The van der Waals surface area contributed by atoms with E-state index in [1.807, 2.05) is 0 Å². The number of hydrogen-bond acceptors (Lipinski definition) is 5. The second-order valence-electron chi connectivity index (χ2n) is 7.17. The summed E-state index contributed by atoms with van der Waals surface area (Å²) in [4.78, 5) is 36.1. The van der Waals surface area contributed by atoms with Crippen LogP contribution in [0.25, 0.3) is 10.9 Å². The maximum atomic E-state index is 13.4. The molecule has 4 rings (SSSR count). The van der Waals surface area contributed by atoms with E-state index in [1.165, 1.54) is 18.3 Å². The number of aromatic nitrogens is 2. The van der Waals surface area contributed by atoms with Gasteiger partial charge in [-0.25, -0.2) is 14.2 Å². The number of amides is 1. The molecule has 0 radical (unpaired) electrons. The number of carbonyl (C=O) groups excluding carboxylic acids is 2. The average Bonchev–Trinajstić information content (AvgIpc) is 3.01. The fraction of sp³-hybridized carbons (Fsp3) is 0.318. The van der Waals surface area contributed by atoms with Gasteiger partial charge in [0.1, 0.15) is 17.3 Å².